The van der Waals surface area contributed by atoms with E-state index in [4.69, 9.17) is 0 Å². The maximum atomic E-state index is 12.6. The van der Waals surface area contributed by atoms with Gasteiger partial charge >= 0.3 is 0 Å². The highest BCUT2D eigenvalue weighted by Crippen LogP contribution is 2.19. The third-order valence-electron chi connectivity index (χ3n) is 4.40. The number of carbonyl (C=O) groups excluding carboxylic acids is 1. The lowest BCUT2D eigenvalue weighted by Crippen LogP contribution is -2.42. The van der Waals surface area contributed by atoms with E-state index in [1.807, 2.05) is 79.3 Å². The Balaban J connectivity index is 1.71. The molecule has 0 saturated carbocycles. The van der Waals surface area contributed by atoms with E-state index in [-0.39, 0.29) is 11.9 Å². The van der Waals surface area contributed by atoms with Crippen molar-refractivity contribution in [1.82, 2.24) is 9.88 Å². The molecule has 1 aromatic heterocycles. The smallest absolute Gasteiger partial charge is 0.252 e. The highest BCUT2D eigenvalue weighted by atomic mass is 16.3. The van der Waals surface area contributed by atoms with Crippen molar-refractivity contribution < 1.29 is 9.90 Å². The molecule has 2 N–H and O–H groups in total. The summed E-state index contributed by atoms with van der Waals surface area (Å²) in [5, 5.41) is 14.2. The molecule has 2 atom stereocenters. The standard InChI is InChI=1S/C20H22N2O2/c1-14(19(23)13-15-7-4-3-5-8-15)21-20(24)17-9-6-10-18-16(17)11-12-22(18)2/h3-12,14,19,23H,13H2,1-2H3,(H,21,24). The Morgan fingerprint density at radius 1 is 1.12 bits per heavy atom. The lowest BCUT2D eigenvalue weighted by Gasteiger charge is -2.20. The topological polar surface area (TPSA) is 54.3 Å². The number of hydrogen-bond acceptors (Lipinski definition) is 2. The molecule has 0 radical (unpaired) electrons. The molecule has 3 aromatic rings. The minimum atomic E-state index is -0.633. The lowest BCUT2D eigenvalue weighted by molar-refractivity contribution is 0.0853. The van der Waals surface area contributed by atoms with Gasteiger partial charge in [0.2, 0.25) is 0 Å². The van der Waals surface area contributed by atoms with Gasteiger partial charge in [0.05, 0.1) is 12.1 Å². The summed E-state index contributed by atoms with van der Waals surface area (Å²) >= 11 is 0. The van der Waals surface area contributed by atoms with Crippen LogP contribution >= 0.6 is 0 Å². The maximum absolute atomic E-state index is 12.6. The molecule has 24 heavy (non-hydrogen) atoms. The Kier molecular flexibility index (Phi) is 4.67. The highest BCUT2D eigenvalue weighted by Gasteiger charge is 2.19. The molecule has 1 amide bonds. The van der Waals surface area contributed by atoms with E-state index in [1.54, 1.807) is 0 Å². The van der Waals surface area contributed by atoms with Crippen molar-refractivity contribution in [2.45, 2.75) is 25.5 Å². The van der Waals surface area contributed by atoms with Crippen molar-refractivity contribution in [2.75, 3.05) is 0 Å². The third-order valence-corrected chi connectivity index (χ3v) is 4.40. The summed E-state index contributed by atoms with van der Waals surface area (Å²) in [6.45, 7) is 1.83. The first-order valence-electron chi connectivity index (χ1n) is 8.13. The predicted octanol–water partition coefficient (Wildman–Crippen LogP) is 2.90. The van der Waals surface area contributed by atoms with E-state index in [0.29, 0.717) is 12.0 Å². The second kappa shape index (κ2) is 6.89. The van der Waals surface area contributed by atoms with Crippen LogP contribution in [0.2, 0.25) is 0 Å². The van der Waals surface area contributed by atoms with Gasteiger partial charge in [-0.25, -0.2) is 0 Å². The van der Waals surface area contributed by atoms with E-state index in [1.165, 1.54) is 0 Å². The predicted molar refractivity (Wildman–Crippen MR) is 96.0 cm³/mol. The van der Waals surface area contributed by atoms with Crippen molar-refractivity contribution in [3.05, 3.63) is 71.9 Å². The molecule has 2 aromatic carbocycles. The molecule has 0 aliphatic carbocycles. The van der Waals surface area contributed by atoms with Crippen molar-refractivity contribution in [3.63, 3.8) is 0 Å². The fourth-order valence-electron chi connectivity index (χ4n) is 2.91. The molecule has 4 heteroatoms. The molecule has 2 unspecified atom stereocenters. The molecule has 1 heterocycles. The number of fused-ring (bicyclic) bond motifs is 1. The summed E-state index contributed by atoms with van der Waals surface area (Å²) in [5.41, 5.74) is 2.70. The van der Waals surface area contributed by atoms with Crippen molar-refractivity contribution in [3.8, 4) is 0 Å². The fourth-order valence-corrected chi connectivity index (χ4v) is 2.91. The summed E-state index contributed by atoms with van der Waals surface area (Å²) in [5.74, 6) is -0.161. The lowest BCUT2D eigenvalue weighted by atomic mass is 10.0. The van der Waals surface area contributed by atoms with E-state index in [9.17, 15) is 9.90 Å². The number of aryl methyl sites for hydroxylation is 1. The number of aliphatic hydroxyl groups excluding tert-OH is 1. The molecule has 0 fully saturated rings. The highest BCUT2D eigenvalue weighted by molar-refractivity contribution is 6.06. The zero-order valence-corrected chi connectivity index (χ0v) is 13.9. The first kappa shape index (κ1) is 16.3. The Morgan fingerprint density at radius 2 is 1.88 bits per heavy atom. The van der Waals surface area contributed by atoms with Gasteiger partial charge in [0.25, 0.3) is 5.91 Å². The van der Waals surface area contributed by atoms with E-state index in [0.717, 1.165) is 16.5 Å². The van der Waals surface area contributed by atoms with Crippen LogP contribution in [0, 0.1) is 0 Å². The van der Waals surface area contributed by atoms with E-state index < -0.39 is 6.10 Å². The van der Waals surface area contributed by atoms with Crippen LogP contribution in [0.25, 0.3) is 10.9 Å². The number of aliphatic hydroxyl groups is 1. The summed E-state index contributed by atoms with van der Waals surface area (Å²) in [6.07, 6.45) is 1.82. The van der Waals surface area contributed by atoms with E-state index >= 15 is 0 Å². The van der Waals surface area contributed by atoms with Crippen LogP contribution in [0.3, 0.4) is 0 Å². The largest absolute Gasteiger partial charge is 0.391 e. The average molecular weight is 322 g/mol. The van der Waals surface area contributed by atoms with Gasteiger partial charge in [0, 0.05) is 36.1 Å². The summed E-state index contributed by atoms with van der Waals surface area (Å²) in [7, 11) is 1.95. The third kappa shape index (κ3) is 3.34. The molecule has 4 nitrogen and oxygen atoms in total. The second-order valence-corrected chi connectivity index (χ2v) is 6.18. The van der Waals surface area contributed by atoms with Crippen LogP contribution in [-0.4, -0.2) is 27.7 Å². The maximum Gasteiger partial charge on any atom is 0.252 e. The molecular weight excluding hydrogens is 300 g/mol. The van der Waals surface area contributed by atoms with Crippen molar-refractivity contribution in [2.24, 2.45) is 7.05 Å². The van der Waals surface area contributed by atoms with Crippen LogP contribution < -0.4 is 5.32 Å². The van der Waals surface area contributed by atoms with Gasteiger partial charge in [-0.1, -0.05) is 36.4 Å². The normalized spacial score (nSPS) is 13.6. The molecule has 0 aliphatic rings. The quantitative estimate of drug-likeness (QED) is 0.759. The van der Waals surface area contributed by atoms with Gasteiger partial charge in [-0.3, -0.25) is 4.79 Å². The van der Waals surface area contributed by atoms with Gasteiger partial charge in [-0.2, -0.15) is 0 Å². The van der Waals surface area contributed by atoms with Crippen LogP contribution in [-0.2, 0) is 13.5 Å². The number of aromatic nitrogens is 1. The number of benzene rings is 2. The van der Waals surface area contributed by atoms with Gasteiger partial charge in [0.15, 0.2) is 0 Å². The number of rotatable bonds is 5. The first-order valence-corrected chi connectivity index (χ1v) is 8.13. The van der Waals surface area contributed by atoms with Crippen LogP contribution in [0.4, 0.5) is 0 Å². The zero-order valence-electron chi connectivity index (χ0n) is 13.9. The molecular formula is C20H22N2O2. The average Bonchev–Trinajstić information content (AvgIpc) is 2.97. The Hall–Kier alpha value is -2.59. The molecule has 0 aliphatic heterocycles. The van der Waals surface area contributed by atoms with Crippen molar-refractivity contribution >= 4 is 16.8 Å². The first-order chi connectivity index (χ1) is 11.6. The molecule has 0 bridgehead atoms. The molecule has 0 saturated heterocycles. The van der Waals surface area contributed by atoms with Gasteiger partial charge < -0.3 is 15.0 Å². The number of nitrogens with one attached hydrogen (secondary N) is 1. The summed E-state index contributed by atoms with van der Waals surface area (Å²) < 4.78 is 1.99. The molecule has 3 rings (SSSR count). The van der Waals surface area contributed by atoms with Crippen LogP contribution in [0.1, 0.15) is 22.8 Å². The monoisotopic (exact) mass is 322 g/mol. The van der Waals surface area contributed by atoms with E-state index in [2.05, 4.69) is 5.32 Å². The van der Waals surface area contributed by atoms with Gasteiger partial charge in [-0.05, 0) is 30.7 Å². The summed E-state index contributed by atoms with van der Waals surface area (Å²) in [4.78, 5) is 12.6. The number of nitrogens with zero attached hydrogens (tertiary/aromatic N) is 1. The molecule has 124 valence electrons. The van der Waals surface area contributed by atoms with Crippen LogP contribution in [0.5, 0.6) is 0 Å². The number of hydrogen-bond donors (Lipinski definition) is 2. The Morgan fingerprint density at radius 3 is 2.62 bits per heavy atom. The van der Waals surface area contributed by atoms with Crippen molar-refractivity contribution in [1.29, 1.82) is 0 Å². The zero-order chi connectivity index (χ0) is 17.1. The molecule has 0 spiro atoms. The number of carbonyl (C=O) groups is 1. The fraction of sp³-hybridized carbons (Fsp3) is 0.250. The Bertz CT molecular complexity index is 839. The minimum absolute atomic E-state index is 0.161. The second-order valence-electron chi connectivity index (χ2n) is 6.18. The minimum Gasteiger partial charge on any atom is -0.391 e. The van der Waals surface area contributed by atoms with Gasteiger partial charge in [0.1, 0.15) is 0 Å². The van der Waals surface area contributed by atoms with Gasteiger partial charge in [-0.15, -0.1) is 0 Å². The SMILES string of the molecule is CC(NC(=O)c1cccc2c1ccn2C)C(O)Cc1ccccc1. The number of amides is 1. The summed E-state index contributed by atoms with van der Waals surface area (Å²) in [6, 6.07) is 17.1. The Labute approximate surface area is 141 Å². The van der Waals surface area contributed by atoms with Crippen LogP contribution in [0.15, 0.2) is 60.8 Å².